The van der Waals surface area contributed by atoms with E-state index in [0.717, 1.165) is 38.9 Å². The third-order valence-electron chi connectivity index (χ3n) is 5.46. The molecule has 0 aliphatic carbocycles. The van der Waals surface area contributed by atoms with Gasteiger partial charge < -0.3 is 5.32 Å². The van der Waals surface area contributed by atoms with Gasteiger partial charge in [-0.1, -0.05) is 55.5 Å². The third-order valence-corrected chi connectivity index (χ3v) is 5.46. The van der Waals surface area contributed by atoms with Gasteiger partial charge in [-0.2, -0.15) is 0 Å². The summed E-state index contributed by atoms with van der Waals surface area (Å²) in [5.74, 6) is 0.236. The molecule has 146 valence electrons. The summed E-state index contributed by atoms with van der Waals surface area (Å²) >= 11 is 0. The van der Waals surface area contributed by atoms with E-state index >= 15 is 0 Å². The quantitative estimate of drug-likeness (QED) is 0.483. The molecule has 3 aromatic carbocycles. The van der Waals surface area contributed by atoms with E-state index in [9.17, 15) is 4.79 Å². The molecule has 0 amide bonds. The molecule has 1 N–H and O–H groups in total. The predicted molar refractivity (Wildman–Crippen MR) is 119 cm³/mol. The van der Waals surface area contributed by atoms with Gasteiger partial charge in [0.1, 0.15) is 5.78 Å². The van der Waals surface area contributed by atoms with Crippen LogP contribution in [0.1, 0.15) is 24.6 Å². The highest BCUT2D eigenvalue weighted by Gasteiger charge is 2.15. The lowest BCUT2D eigenvalue weighted by Crippen LogP contribution is -2.35. The molecule has 4 heteroatoms. The summed E-state index contributed by atoms with van der Waals surface area (Å²) in [6.07, 6.45) is 1.24. The Bertz CT molecular complexity index is 1180. The lowest BCUT2D eigenvalue weighted by Gasteiger charge is -2.14. The largest absolute Gasteiger partial charge is 0.310 e. The van der Waals surface area contributed by atoms with E-state index in [1.54, 1.807) is 0 Å². The van der Waals surface area contributed by atoms with Crippen LogP contribution in [0.3, 0.4) is 0 Å². The molecule has 1 heterocycles. The maximum atomic E-state index is 12.0. The molecule has 4 rings (SSSR count). The van der Waals surface area contributed by atoms with Crippen LogP contribution >= 0.6 is 0 Å². The van der Waals surface area contributed by atoms with Crippen molar-refractivity contribution in [3.63, 3.8) is 0 Å². The van der Waals surface area contributed by atoms with Gasteiger partial charge in [-0.05, 0) is 48.9 Å². The van der Waals surface area contributed by atoms with E-state index in [-0.39, 0.29) is 11.8 Å². The van der Waals surface area contributed by atoms with E-state index in [2.05, 4.69) is 53.8 Å². The topological polar surface area (TPSA) is 54.9 Å². The van der Waals surface area contributed by atoms with Crippen molar-refractivity contribution in [2.75, 3.05) is 7.05 Å². The number of Topliss-reactive ketones (excluding diaryl/α,β-unsaturated/α-hetero) is 1. The lowest BCUT2D eigenvalue weighted by atomic mass is 9.99. The fraction of sp³-hybridized carbons (Fsp3) is 0.240. The first kappa shape index (κ1) is 19.2. The van der Waals surface area contributed by atoms with Crippen LogP contribution in [0.2, 0.25) is 0 Å². The average Bonchev–Trinajstić information content (AvgIpc) is 2.75. The molecule has 0 fully saturated rings. The zero-order valence-electron chi connectivity index (χ0n) is 17.1. The normalized spacial score (nSPS) is 12.4. The van der Waals surface area contributed by atoms with Gasteiger partial charge >= 0.3 is 0 Å². The molecule has 4 aromatic rings. The van der Waals surface area contributed by atoms with Crippen molar-refractivity contribution in [1.29, 1.82) is 0 Å². The summed E-state index contributed by atoms with van der Waals surface area (Å²) in [5.41, 5.74) is 5.79. The van der Waals surface area contributed by atoms with Crippen LogP contribution in [0.5, 0.6) is 0 Å². The van der Waals surface area contributed by atoms with E-state index in [4.69, 9.17) is 9.97 Å². The van der Waals surface area contributed by atoms with Crippen LogP contribution in [0, 0.1) is 6.92 Å². The van der Waals surface area contributed by atoms with E-state index < -0.39 is 0 Å². The Hall–Kier alpha value is -3.11. The van der Waals surface area contributed by atoms with Crippen molar-refractivity contribution in [2.45, 2.75) is 32.7 Å². The molecule has 0 aliphatic rings. The molecule has 0 spiro atoms. The van der Waals surface area contributed by atoms with Crippen molar-refractivity contribution in [3.8, 4) is 11.3 Å². The Labute approximate surface area is 171 Å². The number of ketones is 1. The summed E-state index contributed by atoms with van der Waals surface area (Å²) < 4.78 is 0. The van der Waals surface area contributed by atoms with Crippen molar-refractivity contribution in [3.05, 3.63) is 71.9 Å². The fourth-order valence-electron chi connectivity index (χ4n) is 3.76. The minimum atomic E-state index is -0.138. The molecule has 1 aromatic heterocycles. The summed E-state index contributed by atoms with van der Waals surface area (Å²) in [6.45, 7) is 3.90. The molecule has 0 aliphatic heterocycles. The van der Waals surface area contributed by atoms with E-state index in [1.807, 2.05) is 33.0 Å². The summed E-state index contributed by atoms with van der Waals surface area (Å²) in [6, 6.07) is 20.6. The number of benzene rings is 3. The standard InChI is InChI=1S/C25H25N3O/c1-4-24(29)23(26-3)13-17-9-11-18(12-10-17)25-16(2)27-21-14-19-7-5-6-8-20(19)15-22(21)28-25/h5-12,14-15,23,26H,4,13H2,1-3H3. The molecule has 1 atom stereocenters. The van der Waals surface area contributed by atoms with Crippen LogP contribution < -0.4 is 5.32 Å². The Morgan fingerprint density at radius 1 is 0.966 bits per heavy atom. The molecular weight excluding hydrogens is 358 g/mol. The minimum absolute atomic E-state index is 0.138. The minimum Gasteiger partial charge on any atom is -0.310 e. The fourth-order valence-corrected chi connectivity index (χ4v) is 3.76. The summed E-state index contributed by atoms with van der Waals surface area (Å²) in [4.78, 5) is 21.7. The molecule has 0 saturated carbocycles. The Morgan fingerprint density at radius 2 is 1.59 bits per heavy atom. The zero-order valence-corrected chi connectivity index (χ0v) is 17.1. The van der Waals surface area contributed by atoms with Crippen LogP contribution in [-0.4, -0.2) is 28.8 Å². The van der Waals surface area contributed by atoms with Gasteiger partial charge in [0.15, 0.2) is 0 Å². The monoisotopic (exact) mass is 383 g/mol. The maximum Gasteiger partial charge on any atom is 0.149 e. The number of fused-ring (bicyclic) bond motifs is 2. The average molecular weight is 383 g/mol. The van der Waals surface area contributed by atoms with Crippen molar-refractivity contribution in [1.82, 2.24) is 15.3 Å². The van der Waals surface area contributed by atoms with Gasteiger partial charge in [0.2, 0.25) is 0 Å². The van der Waals surface area contributed by atoms with Crippen molar-refractivity contribution in [2.24, 2.45) is 0 Å². The number of nitrogens with one attached hydrogen (secondary N) is 1. The number of carbonyl (C=O) groups is 1. The molecule has 0 radical (unpaired) electrons. The number of hydrogen-bond acceptors (Lipinski definition) is 4. The Morgan fingerprint density at radius 3 is 2.17 bits per heavy atom. The SMILES string of the molecule is CCC(=O)C(Cc1ccc(-c2nc3cc4ccccc4cc3nc2C)cc1)NC. The number of nitrogens with zero attached hydrogens (tertiary/aromatic N) is 2. The first-order valence-electron chi connectivity index (χ1n) is 10.1. The van der Waals surface area contributed by atoms with Gasteiger partial charge in [-0.3, -0.25) is 4.79 Å². The van der Waals surface area contributed by atoms with Crippen LogP contribution in [0.15, 0.2) is 60.7 Å². The maximum absolute atomic E-state index is 12.0. The van der Waals surface area contributed by atoms with Gasteiger partial charge in [0, 0.05) is 12.0 Å². The second-order valence-corrected chi connectivity index (χ2v) is 7.41. The highest BCUT2D eigenvalue weighted by atomic mass is 16.1. The smallest absolute Gasteiger partial charge is 0.149 e. The van der Waals surface area contributed by atoms with Crippen molar-refractivity contribution >= 4 is 27.6 Å². The molecule has 1 unspecified atom stereocenters. The number of carbonyl (C=O) groups excluding carboxylic acids is 1. The van der Waals surface area contributed by atoms with Gasteiger partial charge in [-0.15, -0.1) is 0 Å². The number of rotatable bonds is 6. The molecule has 4 nitrogen and oxygen atoms in total. The van der Waals surface area contributed by atoms with Gasteiger partial charge in [0.05, 0.1) is 28.5 Å². The lowest BCUT2D eigenvalue weighted by molar-refractivity contribution is -0.120. The third kappa shape index (κ3) is 3.89. The van der Waals surface area contributed by atoms with Crippen LogP contribution in [0.4, 0.5) is 0 Å². The van der Waals surface area contributed by atoms with Crippen molar-refractivity contribution < 1.29 is 4.79 Å². The molecule has 0 bridgehead atoms. The second-order valence-electron chi connectivity index (χ2n) is 7.41. The molecule has 0 saturated heterocycles. The van der Waals surface area contributed by atoms with E-state index in [1.165, 1.54) is 5.39 Å². The van der Waals surface area contributed by atoms with Crippen LogP contribution in [-0.2, 0) is 11.2 Å². The highest BCUT2D eigenvalue weighted by molar-refractivity contribution is 5.95. The molecular formula is C25H25N3O. The first-order valence-corrected chi connectivity index (χ1v) is 10.1. The number of hydrogen-bond donors (Lipinski definition) is 1. The van der Waals surface area contributed by atoms with E-state index in [0.29, 0.717) is 12.8 Å². The predicted octanol–water partition coefficient (Wildman–Crippen LogP) is 4.87. The number of aromatic nitrogens is 2. The molecule has 29 heavy (non-hydrogen) atoms. The second kappa shape index (κ2) is 8.10. The number of aryl methyl sites for hydroxylation is 1. The summed E-state index contributed by atoms with van der Waals surface area (Å²) in [5, 5.41) is 5.46. The first-order chi connectivity index (χ1) is 14.1. The Balaban J connectivity index is 1.67. The summed E-state index contributed by atoms with van der Waals surface area (Å²) in [7, 11) is 1.84. The highest BCUT2D eigenvalue weighted by Crippen LogP contribution is 2.26. The zero-order chi connectivity index (χ0) is 20.4. The number of likely N-dealkylation sites (N-methyl/N-ethyl adjacent to an activating group) is 1. The van der Waals surface area contributed by atoms with Gasteiger partial charge in [-0.25, -0.2) is 9.97 Å². The Kier molecular flexibility index (Phi) is 5.36. The van der Waals surface area contributed by atoms with Gasteiger partial charge in [0.25, 0.3) is 0 Å². The van der Waals surface area contributed by atoms with Crippen LogP contribution in [0.25, 0.3) is 33.1 Å².